The Hall–Kier alpha value is -0.950. The Bertz CT molecular complexity index is 441. The number of carbonyl (C=O) groups excluding carboxylic acids is 1. The zero-order valence-electron chi connectivity index (χ0n) is 10.5. The second-order valence-electron chi connectivity index (χ2n) is 4.52. The average Bonchev–Trinajstić information content (AvgIpc) is 2.93. The fraction of sp³-hybridized carbons (Fsp3) is 0.636. The molecule has 1 aliphatic rings. The molecule has 18 heavy (non-hydrogen) atoms. The van der Waals surface area contributed by atoms with Gasteiger partial charge in [0, 0.05) is 11.3 Å². The van der Waals surface area contributed by atoms with Crippen molar-refractivity contribution in [3.8, 4) is 0 Å². The molecule has 1 aromatic rings. The number of hydrogen-bond acceptors (Lipinski definition) is 7. The first-order valence-corrected chi connectivity index (χ1v) is 7.53. The van der Waals surface area contributed by atoms with E-state index in [4.69, 9.17) is 10.5 Å². The molecule has 1 atom stereocenters. The van der Waals surface area contributed by atoms with Gasteiger partial charge in [0.2, 0.25) is 0 Å². The molecule has 0 bridgehead atoms. The first-order chi connectivity index (χ1) is 8.56. The molecular formula is C11H17N3O2S2. The molecule has 5 nitrogen and oxygen atoms in total. The van der Waals surface area contributed by atoms with E-state index < -0.39 is 5.97 Å². The van der Waals surface area contributed by atoms with E-state index in [0.29, 0.717) is 10.6 Å². The van der Waals surface area contributed by atoms with Crippen molar-refractivity contribution < 1.29 is 9.53 Å². The monoisotopic (exact) mass is 287 g/mol. The third-order valence-electron chi connectivity index (χ3n) is 3.03. The molecule has 1 saturated heterocycles. The number of methoxy groups -OCH3 is 1. The number of thioether (sulfide) groups is 1. The van der Waals surface area contributed by atoms with Crippen molar-refractivity contribution in [2.75, 3.05) is 30.5 Å². The van der Waals surface area contributed by atoms with Crippen LogP contribution < -0.4 is 11.1 Å². The quantitative estimate of drug-likeness (QED) is 0.827. The number of nitrogens with two attached hydrogens (primary N) is 1. The molecule has 0 saturated carbocycles. The van der Waals surface area contributed by atoms with Crippen molar-refractivity contribution in [2.45, 2.75) is 24.5 Å². The standard InChI is InChI=1S/C11H17N3O2S2/c1-11(4-3-5-17-11)6-13-9-7(10(15)16-2)8(12)14-18-9/h13H,3-6H2,1-2H3,(H2,12,14). The minimum Gasteiger partial charge on any atom is -0.465 e. The fourth-order valence-corrected chi connectivity index (χ4v) is 3.91. The Balaban J connectivity index is 2.07. The summed E-state index contributed by atoms with van der Waals surface area (Å²) >= 11 is 3.17. The minimum absolute atomic E-state index is 0.228. The zero-order chi connectivity index (χ0) is 13.2. The van der Waals surface area contributed by atoms with Crippen molar-refractivity contribution in [2.24, 2.45) is 0 Å². The summed E-state index contributed by atoms with van der Waals surface area (Å²) in [6.45, 7) is 3.04. The number of anilines is 2. The number of nitrogen functional groups attached to an aromatic ring is 1. The number of rotatable bonds is 4. The van der Waals surface area contributed by atoms with Gasteiger partial charge in [-0.2, -0.15) is 16.1 Å². The van der Waals surface area contributed by atoms with Crippen molar-refractivity contribution in [3.05, 3.63) is 5.56 Å². The van der Waals surface area contributed by atoms with Gasteiger partial charge in [-0.05, 0) is 37.1 Å². The SMILES string of the molecule is COC(=O)c1c(N)nsc1NCC1(C)CCCS1. The Labute approximate surface area is 115 Å². The number of esters is 1. The molecule has 0 amide bonds. The number of nitrogens with one attached hydrogen (secondary N) is 1. The zero-order valence-corrected chi connectivity index (χ0v) is 12.1. The predicted octanol–water partition coefficient (Wildman–Crippen LogP) is 2.21. The molecule has 0 radical (unpaired) electrons. The molecule has 100 valence electrons. The number of carbonyl (C=O) groups is 1. The number of nitrogens with zero attached hydrogens (tertiary/aromatic N) is 1. The van der Waals surface area contributed by atoms with Crippen LogP contribution in [0, 0.1) is 0 Å². The Morgan fingerprint density at radius 3 is 3.06 bits per heavy atom. The molecule has 2 heterocycles. The van der Waals surface area contributed by atoms with E-state index in [9.17, 15) is 4.79 Å². The van der Waals surface area contributed by atoms with Gasteiger partial charge in [-0.25, -0.2) is 4.79 Å². The van der Waals surface area contributed by atoms with E-state index in [0.717, 1.165) is 6.54 Å². The normalized spacial score (nSPS) is 23.0. The van der Waals surface area contributed by atoms with Gasteiger partial charge in [-0.15, -0.1) is 0 Å². The summed E-state index contributed by atoms with van der Waals surface area (Å²) < 4.78 is 8.95. The van der Waals surface area contributed by atoms with Crippen molar-refractivity contribution in [1.82, 2.24) is 4.37 Å². The van der Waals surface area contributed by atoms with Crippen molar-refractivity contribution in [1.29, 1.82) is 0 Å². The van der Waals surface area contributed by atoms with Crippen LogP contribution in [-0.2, 0) is 4.74 Å². The van der Waals surface area contributed by atoms with Crippen LogP contribution >= 0.6 is 23.3 Å². The summed E-state index contributed by atoms with van der Waals surface area (Å²) in [5, 5.41) is 3.99. The highest BCUT2D eigenvalue weighted by Gasteiger charge is 2.30. The molecule has 1 fully saturated rings. The lowest BCUT2D eigenvalue weighted by atomic mass is 10.1. The van der Waals surface area contributed by atoms with Crippen LogP contribution in [0.1, 0.15) is 30.1 Å². The van der Waals surface area contributed by atoms with Gasteiger partial charge < -0.3 is 15.8 Å². The van der Waals surface area contributed by atoms with E-state index >= 15 is 0 Å². The van der Waals surface area contributed by atoms with Crippen LogP contribution in [0.3, 0.4) is 0 Å². The highest BCUT2D eigenvalue weighted by Crippen LogP contribution is 2.38. The van der Waals surface area contributed by atoms with E-state index in [-0.39, 0.29) is 10.6 Å². The smallest absolute Gasteiger partial charge is 0.344 e. The van der Waals surface area contributed by atoms with Crippen LogP contribution in [0.25, 0.3) is 0 Å². The van der Waals surface area contributed by atoms with Crippen molar-refractivity contribution in [3.63, 3.8) is 0 Å². The highest BCUT2D eigenvalue weighted by molar-refractivity contribution is 8.00. The second-order valence-corrected chi connectivity index (χ2v) is 6.97. The fourth-order valence-electron chi connectivity index (χ4n) is 1.97. The van der Waals surface area contributed by atoms with Gasteiger partial charge in [0.15, 0.2) is 5.82 Å². The molecule has 1 aromatic heterocycles. The Morgan fingerprint density at radius 1 is 1.67 bits per heavy atom. The molecular weight excluding hydrogens is 270 g/mol. The summed E-state index contributed by atoms with van der Waals surface area (Å²) in [6, 6.07) is 0. The molecule has 7 heteroatoms. The molecule has 2 rings (SSSR count). The van der Waals surface area contributed by atoms with Crippen LogP contribution in [-0.4, -0.2) is 34.5 Å². The van der Waals surface area contributed by atoms with Gasteiger partial charge in [-0.1, -0.05) is 0 Å². The van der Waals surface area contributed by atoms with E-state index in [1.165, 1.54) is 37.2 Å². The summed E-state index contributed by atoms with van der Waals surface area (Å²) in [6.07, 6.45) is 2.43. The topological polar surface area (TPSA) is 77.2 Å². The largest absolute Gasteiger partial charge is 0.465 e. The average molecular weight is 287 g/mol. The number of ether oxygens (including phenoxy) is 1. The molecule has 1 aliphatic heterocycles. The minimum atomic E-state index is -0.437. The molecule has 0 aromatic carbocycles. The molecule has 0 spiro atoms. The third kappa shape index (κ3) is 2.72. The van der Waals surface area contributed by atoms with Gasteiger partial charge in [0.05, 0.1) is 7.11 Å². The first-order valence-electron chi connectivity index (χ1n) is 5.77. The van der Waals surface area contributed by atoms with E-state index in [2.05, 4.69) is 16.6 Å². The maximum absolute atomic E-state index is 11.6. The second kappa shape index (κ2) is 5.36. The van der Waals surface area contributed by atoms with Gasteiger partial charge in [-0.3, -0.25) is 0 Å². The van der Waals surface area contributed by atoms with Gasteiger partial charge in [0.25, 0.3) is 0 Å². The lowest BCUT2D eigenvalue weighted by molar-refractivity contribution is 0.0603. The van der Waals surface area contributed by atoms with E-state index in [1.54, 1.807) is 0 Å². The molecule has 0 aliphatic carbocycles. The number of aromatic nitrogens is 1. The maximum atomic E-state index is 11.6. The summed E-state index contributed by atoms with van der Waals surface area (Å²) in [7, 11) is 1.34. The van der Waals surface area contributed by atoms with Crippen LogP contribution in [0.5, 0.6) is 0 Å². The molecule has 1 unspecified atom stereocenters. The Kier molecular flexibility index (Phi) is 4.01. The predicted molar refractivity (Wildman–Crippen MR) is 76.5 cm³/mol. The Morgan fingerprint density at radius 2 is 2.44 bits per heavy atom. The van der Waals surface area contributed by atoms with Gasteiger partial charge in [0.1, 0.15) is 10.6 Å². The summed E-state index contributed by atoms with van der Waals surface area (Å²) in [4.78, 5) is 11.6. The molecule has 3 N–H and O–H groups in total. The van der Waals surface area contributed by atoms with Crippen LogP contribution in [0.2, 0.25) is 0 Å². The van der Waals surface area contributed by atoms with Gasteiger partial charge >= 0.3 is 5.97 Å². The summed E-state index contributed by atoms with van der Waals surface area (Å²) in [5.41, 5.74) is 6.04. The first kappa shape index (κ1) is 13.5. The lowest BCUT2D eigenvalue weighted by Gasteiger charge is -2.23. The van der Waals surface area contributed by atoms with Crippen LogP contribution in [0.4, 0.5) is 10.8 Å². The number of hydrogen-bond donors (Lipinski definition) is 2. The highest BCUT2D eigenvalue weighted by atomic mass is 32.2. The lowest BCUT2D eigenvalue weighted by Crippen LogP contribution is -2.27. The van der Waals surface area contributed by atoms with Crippen molar-refractivity contribution >= 4 is 40.1 Å². The van der Waals surface area contributed by atoms with Crippen LogP contribution in [0.15, 0.2) is 0 Å². The summed E-state index contributed by atoms with van der Waals surface area (Å²) in [5.74, 6) is 0.999. The third-order valence-corrected chi connectivity index (χ3v) is 5.39. The van der Waals surface area contributed by atoms with E-state index in [1.807, 2.05) is 11.8 Å². The maximum Gasteiger partial charge on any atom is 0.344 e.